The van der Waals surface area contributed by atoms with Gasteiger partial charge >= 0.3 is 0 Å². The molecule has 8 aromatic rings. The lowest BCUT2D eigenvalue weighted by Crippen LogP contribution is -2.56. The molecule has 0 aromatic heterocycles. The second kappa shape index (κ2) is 11.8. The minimum absolute atomic E-state index is 0.0810. The van der Waals surface area contributed by atoms with E-state index < -0.39 is 8.07 Å². The number of hydrogen-bond donors (Lipinski definition) is 0. The third-order valence-electron chi connectivity index (χ3n) is 15.0. The van der Waals surface area contributed by atoms with E-state index in [1.165, 1.54) is 82.3 Å². The zero-order valence-electron chi connectivity index (χ0n) is 35.7. The molecule has 0 spiro atoms. The number of para-hydroxylation sites is 2. The quantitative estimate of drug-likeness (QED) is 0.162. The Balaban J connectivity index is 0.948. The predicted octanol–water partition coefficient (Wildman–Crippen LogP) is 14.1. The first-order valence-electron chi connectivity index (χ1n) is 21.5. The molecule has 60 heavy (non-hydrogen) atoms. The van der Waals surface area contributed by atoms with E-state index in [0.29, 0.717) is 0 Å². The van der Waals surface area contributed by atoms with Crippen molar-refractivity contribution < 1.29 is 9.47 Å². The maximum atomic E-state index is 7.25. The first kappa shape index (κ1) is 35.8. The van der Waals surface area contributed by atoms with Crippen LogP contribution >= 0.6 is 0 Å². The zero-order chi connectivity index (χ0) is 41.1. The van der Waals surface area contributed by atoms with E-state index in [0.717, 1.165) is 39.7 Å². The van der Waals surface area contributed by atoms with Crippen LogP contribution in [0.4, 0.5) is 0 Å². The lowest BCUT2D eigenvalue weighted by Gasteiger charge is -2.37. The highest BCUT2D eigenvalue weighted by Gasteiger charge is 2.45. The van der Waals surface area contributed by atoms with Crippen molar-refractivity contribution in [3.8, 4) is 67.5 Å². The van der Waals surface area contributed by atoms with Crippen LogP contribution in [0.5, 0.6) is 23.0 Å². The van der Waals surface area contributed by atoms with Gasteiger partial charge in [-0.25, -0.2) is 0 Å². The average Bonchev–Trinajstić information content (AvgIpc) is 3.63. The number of benzene rings is 8. The zero-order valence-corrected chi connectivity index (χ0v) is 36.7. The second-order valence-corrected chi connectivity index (χ2v) is 24.0. The van der Waals surface area contributed by atoms with E-state index in [2.05, 4.69) is 200 Å². The van der Waals surface area contributed by atoms with Crippen LogP contribution in [-0.2, 0) is 16.2 Å². The van der Waals surface area contributed by atoms with Crippen LogP contribution in [0, 0.1) is 0 Å². The number of rotatable bonds is 2. The number of hydrogen-bond acceptors (Lipinski definition) is 2. The molecule has 0 atom stereocenters. The van der Waals surface area contributed by atoms with Gasteiger partial charge in [0.2, 0.25) is 0 Å². The Morgan fingerprint density at radius 3 is 1.42 bits per heavy atom. The Hall–Kier alpha value is -6.16. The van der Waals surface area contributed by atoms with Gasteiger partial charge < -0.3 is 9.47 Å². The van der Waals surface area contributed by atoms with Gasteiger partial charge in [0.15, 0.2) is 0 Å². The first-order valence-corrected chi connectivity index (χ1v) is 24.5. The molecular weight excluding hydrogens is 745 g/mol. The molecule has 4 aliphatic rings. The van der Waals surface area contributed by atoms with Crippen molar-refractivity contribution in [3.63, 3.8) is 0 Å². The summed E-state index contributed by atoms with van der Waals surface area (Å²) < 4.78 is 14.5. The molecule has 12 rings (SSSR count). The van der Waals surface area contributed by atoms with Crippen molar-refractivity contribution in [3.05, 3.63) is 179 Å². The van der Waals surface area contributed by atoms with Crippen LogP contribution < -0.4 is 19.8 Å². The largest absolute Gasteiger partial charge is 0.456 e. The number of ether oxygens (including phenoxy) is 2. The highest BCUT2D eigenvalue weighted by molar-refractivity contribution is 7.02. The van der Waals surface area contributed by atoms with E-state index in [9.17, 15) is 0 Å². The lowest BCUT2D eigenvalue weighted by atomic mass is 9.73. The molecule has 0 saturated heterocycles. The summed E-state index contributed by atoms with van der Waals surface area (Å²) >= 11 is 0. The molecule has 3 heteroatoms. The fourth-order valence-corrected chi connectivity index (χ4v) is 14.3. The van der Waals surface area contributed by atoms with Gasteiger partial charge in [0, 0.05) is 49.6 Å². The molecule has 0 radical (unpaired) electrons. The summed E-state index contributed by atoms with van der Waals surface area (Å²) in [6, 6.07) is 54.4. The highest BCUT2D eigenvalue weighted by Crippen LogP contribution is 2.60. The van der Waals surface area contributed by atoms with Crippen LogP contribution in [0.25, 0.3) is 55.3 Å². The second-order valence-electron chi connectivity index (χ2n) is 19.7. The smallest absolute Gasteiger partial charge is 0.139 e. The summed E-state index contributed by atoms with van der Waals surface area (Å²) in [5.74, 6) is 4.03. The van der Waals surface area contributed by atoms with Crippen molar-refractivity contribution in [2.45, 2.75) is 70.9 Å². The molecule has 8 aromatic carbocycles. The Kier molecular flexibility index (Phi) is 7.01. The standard InChI is InChI=1S/C57H48O2Si/c1-55(2)41-19-11-9-15-39(41)49-43(55)27-28-46-53(49)58-51-37(17-13-21-45(51)57(46,5)6)35-25-23-34-32-36(26-24-33(34)31-35)38-18-14-22-47-52(38)59-54-48(60(47,7)8)30-29-44-50(54)40-16-10-12-20-42(40)56(44,3)4/h9-32H,1-8H3. The molecule has 0 bridgehead atoms. The van der Waals surface area contributed by atoms with Crippen molar-refractivity contribution >= 4 is 29.2 Å². The molecule has 2 aliphatic heterocycles. The van der Waals surface area contributed by atoms with E-state index in [-0.39, 0.29) is 16.2 Å². The van der Waals surface area contributed by atoms with Gasteiger partial charge in [-0.3, -0.25) is 0 Å². The summed E-state index contributed by atoms with van der Waals surface area (Å²) in [6.07, 6.45) is 0. The van der Waals surface area contributed by atoms with Crippen LogP contribution in [0.15, 0.2) is 146 Å². The molecule has 0 saturated carbocycles. The molecule has 0 N–H and O–H groups in total. The topological polar surface area (TPSA) is 18.5 Å². The highest BCUT2D eigenvalue weighted by atomic mass is 28.3. The van der Waals surface area contributed by atoms with E-state index in [4.69, 9.17) is 9.47 Å². The third kappa shape index (κ3) is 4.54. The predicted molar refractivity (Wildman–Crippen MR) is 252 cm³/mol. The van der Waals surface area contributed by atoms with Gasteiger partial charge in [-0.2, -0.15) is 0 Å². The van der Waals surface area contributed by atoms with Crippen molar-refractivity contribution in [2.75, 3.05) is 0 Å². The molecule has 0 unspecified atom stereocenters. The van der Waals surface area contributed by atoms with Gasteiger partial charge in [0.1, 0.15) is 31.1 Å². The summed E-state index contributed by atoms with van der Waals surface area (Å²) in [7, 11) is -2.12. The van der Waals surface area contributed by atoms with Crippen molar-refractivity contribution in [2.24, 2.45) is 0 Å². The minimum Gasteiger partial charge on any atom is -0.456 e. The summed E-state index contributed by atoms with van der Waals surface area (Å²) in [6.45, 7) is 19.0. The van der Waals surface area contributed by atoms with Gasteiger partial charge in [-0.15, -0.1) is 0 Å². The normalized spacial score (nSPS) is 17.1. The fraction of sp³-hybridized carbons (Fsp3) is 0.193. The van der Waals surface area contributed by atoms with Crippen molar-refractivity contribution in [1.29, 1.82) is 0 Å². The molecular formula is C57H48O2Si. The Labute approximate surface area is 354 Å². The van der Waals surface area contributed by atoms with Gasteiger partial charge in [0.25, 0.3) is 0 Å². The minimum atomic E-state index is -2.12. The van der Waals surface area contributed by atoms with Crippen molar-refractivity contribution in [1.82, 2.24) is 0 Å². The Bertz CT molecular complexity index is 3000. The lowest BCUT2D eigenvalue weighted by molar-refractivity contribution is 0.420. The molecule has 0 amide bonds. The van der Waals surface area contributed by atoms with Gasteiger partial charge in [-0.1, -0.05) is 188 Å². The van der Waals surface area contributed by atoms with Crippen LogP contribution in [0.3, 0.4) is 0 Å². The van der Waals surface area contributed by atoms with Crippen LogP contribution in [0.2, 0.25) is 13.1 Å². The molecule has 292 valence electrons. The summed E-state index contributed by atoms with van der Waals surface area (Å²) in [5, 5.41) is 5.13. The van der Waals surface area contributed by atoms with Crippen LogP contribution in [-0.4, -0.2) is 8.07 Å². The summed E-state index contributed by atoms with van der Waals surface area (Å²) in [5.41, 5.74) is 17.2. The monoisotopic (exact) mass is 792 g/mol. The molecule has 2 nitrogen and oxygen atoms in total. The first-order chi connectivity index (χ1) is 28.8. The van der Waals surface area contributed by atoms with Crippen LogP contribution in [0.1, 0.15) is 74.9 Å². The SMILES string of the molecule is CC1(C)c2cccc(-c3ccc4cc(-c5cccc6c5Oc5c(ccc7c5-c5ccccc5C7(C)C)[Si]6(C)C)ccc4c3)c2Oc2c1ccc1c2-c2ccccc2C1(C)C. The Morgan fingerprint density at radius 2 is 0.783 bits per heavy atom. The number of fused-ring (bicyclic) bond motifs is 13. The Morgan fingerprint density at radius 1 is 0.350 bits per heavy atom. The molecule has 2 heterocycles. The van der Waals surface area contributed by atoms with E-state index in [1.54, 1.807) is 0 Å². The average molecular weight is 793 g/mol. The molecule has 2 aliphatic carbocycles. The maximum absolute atomic E-state index is 7.25. The summed E-state index contributed by atoms with van der Waals surface area (Å²) in [4.78, 5) is 0. The maximum Gasteiger partial charge on any atom is 0.139 e. The van der Waals surface area contributed by atoms with Gasteiger partial charge in [-0.05, 0) is 77.8 Å². The van der Waals surface area contributed by atoms with E-state index >= 15 is 0 Å². The van der Waals surface area contributed by atoms with E-state index in [1.807, 2.05) is 0 Å². The third-order valence-corrected chi connectivity index (χ3v) is 18.5. The van der Waals surface area contributed by atoms with Gasteiger partial charge in [0.05, 0.1) is 0 Å². The fourth-order valence-electron chi connectivity index (χ4n) is 11.5. The molecule has 0 fully saturated rings.